The number of nitrogens with zero attached hydrogens (tertiary/aromatic N) is 1. The van der Waals surface area contributed by atoms with Crippen LogP contribution in [-0.4, -0.2) is 61.0 Å². The third-order valence-electron chi connectivity index (χ3n) is 3.25. The van der Waals surface area contributed by atoms with Crippen molar-refractivity contribution < 1.29 is 19.4 Å². The van der Waals surface area contributed by atoms with Crippen molar-refractivity contribution >= 4 is 5.97 Å². The largest absolute Gasteiger partial charge is 0.481 e. The first-order valence-electron chi connectivity index (χ1n) is 6.03. The second kappa shape index (κ2) is 6.33. The lowest BCUT2D eigenvalue weighted by Gasteiger charge is -2.37. The molecule has 1 fully saturated rings. The van der Waals surface area contributed by atoms with Gasteiger partial charge in [0.2, 0.25) is 0 Å². The highest BCUT2D eigenvalue weighted by Gasteiger charge is 2.29. The number of ether oxygens (including phenoxy) is 2. The van der Waals surface area contributed by atoms with Gasteiger partial charge in [0, 0.05) is 26.2 Å². The van der Waals surface area contributed by atoms with Gasteiger partial charge in [0.05, 0.1) is 25.2 Å². The summed E-state index contributed by atoms with van der Waals surface area (Å²) >= 11 is 0. The van der Waals surface area contributed by atoms with E-state index in [-0.39, 0.29) is 18.1 Å². The summed E-state index contributed by atoms with van der Waals surface area (Å²) in [6.45, 7) is 6.95. The fraction of sp³-hybridized carbons (Fsp3) is 0.917. The van der Waals surface area contributed by atoms with Gasteiger partial charge in [0.25, 0.3) is 0 Å². The first kappa shape index (κ1) is 14.4. The van der Waals surface area contributed by atoms with Crippen molar-refractivity contribution in [1.29, 1.82) is 0 Å². The molecular weight excluding hydrogens is 222 g/mol. The zero-order chi connectivity index (χ0) is 12.9. The summed E-state index contributed by atoms with van der Waals surface area (Å²) in [5.74, 6) is -0.756. The Hall–Kier alpha value is -0.650. The van der Waals surface area contributed by atoms with Crippen LogP contribution in [0, 0.1) is 0 Å². The number of carboxylic acids is 1. The Balaban J connectivity index is 2.61. The fourth-order valence-electron chi connectivity index (χ4n) is 2.13. The van der Waals surface area contributed by atoms with E-state index >= 15 is 0 Å². The van der Waals surface area contributed by atoms with E-state index in [1.165, 1.54) is 0 Å². The van der Waals surface area contributed by atoms with Crippen molar-refractivity contribution in [2.45, 2.75) is 38.3 Å². The first-order chi connectivity index (χ1) is 7.94. The van der Waals surface area contributed by atoms with Crippen LogP contribution in [0.4, 0.5) is 0 Å². The van der Waals surface area contributed by atoms with Crippen LogP contribution in [0.2, 0.25) is 0 Å². The fourth-order valence-corrected chi connectivity index (χ4v) is 2.13. The molecule has 100 valence electrons. The van der Waals surface area contributed by atoms with Crippen molar-refractivity contribution in [2.75, 3.05) is 33.4 Å². The van der Waals surface area contributed by atoms with Gasteiger partial charge in [-0.3, -0.25) is 9.69 Å². The van der Waals surface area contributed by atoms with Crippen molar-refractivity contribution in [3.05, 3.63) is 0 Å². The van der Waals surface area contributed by atoms with Gasteiger partial charge >= 0.3 is 5.97 Å². The van der Waals surface area contributed by atoms with Crippen LogP contribution >= 0.6 is 0 Å². The van der Waals surface area contributed by atoms with Gasteiger partial charge in [-0.1, -0.05) is 0 Å². The van der Waals surface area contributed by atoms with E-state index in [0.29, 0.717) is 13.2 Å². The van der Waals surface area contributed by atoms with Crippen LogP contribution in [-0.2, 0) is 14.3 Å². The minimum atomic E-state index is -0.756. The molecule has 1 aliphatic heterocycles. The highest BCUT2D eigenvalue weighted by Crippen LogP contribution is 2.22. The minimum absolute atomic E-state index is 0.0198. The second-order valence-corrected chi connectivity index (χ2v) is 5.07. The van der Waals surface area contributed by atoms with Crippen LogP contribution in [0.5, 0.6) is 0 Å². The van der Waals surface area contributed by atoms with E-state index in [9.17, 15) is 4.79 Å². The van der Waals surface area contributed by atoms with Gasteiger partial charge < -0.3 is 14.6 Å². The maximum atomic E-state index is 10.9. The molecule has 1 unspecified atom stereocenters. The zero-order valence-electron chi connectivity index (χ0n) is 10.9. The number of methoxy groups -OCH3 is 1. The summed E-state index contributed by atoms with van der Waals surface area (Å²) in [4.78, 5) is 13.1. The van der Waals surface area contributed by atoms with Gasteiger partial charge in [-0.05, 0) is 20.3 Å². The first-order valence-corrected chi connectivity index (χ1v) is 6.03. The number of rotatable bonds is 6. The van der Waals surface area contributed by atoms with E-state index in [2.05, 4.69) is 4.90 Å². The van der Waals surface area contributed by atoms with E-state index in [4.69, 9.17) is 14.6 Å². The Kier molecular flexibility index (Phi) is 5.36. The average molecular weight is 245 g/mol. The third kappa shape index (κ3) is 5.02. The Morgan fingerprint density at radius 2 is 2.06 bits per heavy atom. The summed E-state index contributed by atoms with van der Waals surface area (Å²) in [7, 11) is 1.66. The number of carboxylic acid groups (broad SMARTS) is 1. The molecule has 5 heteroatoms. The molecule has 1 N–H and O–H groups in total. The van der Waals surface area contributed by atoms with Gasteiger partial charge in [0.1, 0.15) is 0 Å². The molecule has 0 spiro atoms. The topological polar surface area (TPSA) is 59.0 Å². The molecule has 1 saturated heterocycles. The summed E-state index contributed by atoms with van der Waals surface area (Å²) in [5.41, 5.74) is -0.293. The Bertz CT molecular complexity index is 249. The van der Waals surface area contributed by atoms with Gasteiger partial charge in [-0.25, -0.2) is 0 Å². The van der Waals surface area contributed by atoms with Crippen molar-refractivity contribution in [3.8, 4) is 0 Å². The average Bonchev–Trinajstić information content (AvgIpc) is 2.28. The van der Waals surface area contributed by atoms with Crippen LogP contribution < -0.4 is 0 Å². The van der Waals surface area contributed by atoms with Crippen LogP contribution in [0.25, 0.3) is 0 Å². The Labute approximate surface area is 103 Å². The molecule has 0 saturated carbocycles. The molecule has 0 radical (unpaired) electrons. The van der Waals surface area contributed by atoms with Gasteiger partial charge in [-0.15, -0.1) is 0 Å². The summed E-state index contributed by atoms with van der Waals surface area (Å²) < 4.78 is 10.7. The van der Waals surface area contributed by atoms with E-state index in [1.807, 2.05) is 13.8 Å². The minimum Gasteiger partial charge on any atom is -0.481 e. The quantitative estimate of drug-likeness (QED) is 0.756. The normalized spacial score (nSPS) is 20.2. The predicted octanol–water partition coefficient (Wildman–Crippen LogP) is 0.977. The third-order valence-corrected chi connectivity index (χ3v) is 3.25. The maximum absolute atomic E-state index is 10.9. The van der Waals surface area contributed by atoms with Crippen LogP contribution in [0.3, 0.4) is 0 Å². The van der Waals surface area contributed by atoms with Crippen molar-refractivity contribution in [3.63, 3.8) is 0 Å². The molecule has 17 heavy (non-hydrogen) atoms. The monoisotopic (exact) mass is 245 g/mol. The molecule has 0 amide bonds. The van der Waals surface area contributed by atoms with E-state index in [1.54, 1.807) is 7.11 Å². The smallest absolute Gasteiger partial charge is 0.304 e. The maximum Gasteiger partial charge on any atom is 0.304 e. The predicted molar refractivity (Wildman–Crippen MR) is 64.1 cm³/mol. The van der Waals surface area contributed by atoms with Crippen LogP contribution in [0.1, 0.15) is 26.7 Å². The molecule has 1 aliphatic rings. The Morgan fingerprint density at radius 1 is 1.47 bits per heavy atom. The van der Waals surface area contributed by atoms with Crippen LogP contribution in [0.15, 0.2) is 0 Å². The summed E-state index contributed by atoms with van der Waals surface area (Å²) in [6, 6.07) is 0.0198. The molecule has 5 nitrogen and oxygen atoms in total. The van der Waals surface area contributed by atoms with Crippen molar-refractivity contribution in [2.24, 2.45) is 0 Å². The molecular formula is C12H23NO4. The lowest BCUT2D eigenvalue weighted by molar-refractivity contribution is -0.139. The number of hydrogen-bond acceptors (Lipinski definition) is 4. The molecule has 1 atom stereocenters. The summed E-state index contributed by atoms with van der Waals surface area (Å²) in [5, 5.41) is 8.99. The lowest BCUT2D eigenvalue weighted by atomic mass is 9.95. The summed E-state index contributed by atoms with van der Waals surface area (Å²) in [6.07, 6.45) is 0.878. The van der Waals surface area contributed by atoms with Crippen molar-refractivity contribution in [1.82, 2.24) is 4.90 Å². The standard InChI is InChI=1S/C12H23NO4/c1-12(2,16-3)9-10(8-11(14)15)13-4-6-17-7-5-13/h10H,4-9H2,1-3H3,(H,14,15). The van der Waals surface area contributed by atoms with Gasteiger partial charge in [-0.2, -0.15) is 0 Å². The number of aliphatic carboxylic acids is 1. The number of carbonyl (C=O) groups is 1. The molecule has 0 aromatic carbocycles. The lowest BCUT2D eigenvalue weighted by Crippen LogP contribution is -2.47. The number of hydrogen-bond donors (Lipinski definition) is 1. The molecule has 0 aromatic heterocycles. The Morgan fingerprint density at radius 3 is 2.53 bits per heavy atom. The highest BCUT2D eigenvalue weighted by atomic mass is 16.5. The van der Waals surface area contributed by atoms with Gasteiger partial charge in [0.15, 0.2) is 0 Å². The highest BCUT2D eigenvalue weighted by molar-refractivity contribution is 5.67. The second-order valence-electron chi connectivity index (χ2n) is 5.07. The van der Waals surface area contributed by atoms with E-state index < -0.39 is 5.97 Å². The zero-order valence-corrected chi connectivity index (χ0v) is 10.9. The molecule has 1 rings (SSSR count). The molecule has 0 bridgehead atoms. The molecule has 1 heterocycles. The number of morpholine rings is 1. The molecule has 0 aromatic rings. The SMILES string of the molecule is COC(C)(C)CC(CC(=O)O)N1CCOCC1. The van der Waals surface area contributed by atoms with E-state index in [0.717, 1.165) is 19.5 Å². The molecule has 0 aliphatic carbocycles.